The third-order valence-corrected chi connectivity index (χ3v) is 2.06. The van der Waals surface area contributed by atoms with Crippen molar-refractivity contribution < 1.29 is 9.50 Å². The third kappa shape index (κ3) is 3.15. The summed E-state index contributed by atoms with van der Waals surface area (Å²) >= 11 is 0. The molecule has 0 bridgehead atoms. The van der Waals surface area contributed by atoms with Gasteiger partial charge in [0, 0.05) is 6.61 Å². The van der Waals surface area contributed by atoms with E-state index < -0.39 is 6.17 Å². The van der Waals surface area contributed by atoms with Gasteiger partial charge in [0.15, 0.2) is 0 Å². The quantitative estimate of drug-likeness (QED) is 0.759. The molecule has 1 N–H and O–H groups in total. The van der Waals surface area contributed by atoms with Crippen LogP contribution >= 0.6 is 0 Å². The van der Waals surface area contributed by atoms with Gasteiger partial charge in [-0.05, 0) is 30.9 Å². The van der Waals surface area contributed by atoms with Crippen molar-refractivity contribution in [2.75, 3.05) is 6.61 Å². The lowest BCUT2D eigenvalue weighted by atomic mass is 10.1. The average Bonchev–Trinajstić information content (AvgIpc) is 2.15. The molecule has 0 fully saturated rings. The van der Waals surface area contributed by atoms with E-state index in [-0.39, 0.29) is 6.61 Å². The number of benzene rings is 1. The molecule has 72 valence electrons. The molecule has 1 nitrogen and oxygen atoms in total. The number of hydrogen-bond donors (Lipinski definition) is 1. The Morgan fingerprint density at radius 2 is 1.92 bits per heavy atom. The van der Waals surface area contributed by atoms with Gasteiger partial charge in [0.25, 0.3) is 0 Å². The number of aryl methyl sites for hydroxylation is 1. The number of aliphatic hydroxyl groups is 1. The second kappa shape index (κ2) is 4.97. The van der Waals surface area contributed by atoms with Crippen molar-refractivity contribution in [3.63, 3.8) is 0 Å². The smallest absolute Gasteiger partial charge is 0.122 e. The summed E-state index contributed by atoms with van der Waals surface area (Å²) in [6, 6.07) is 7.44. The molecule has 13 heavy (non-hydrogen) atoms. The number of alkyl halides is 1. The third-order valence-electron chi connectivity index (χ3n) is 2.06. The minimum atomic E-state index is -0.896. The standard InChI is InChI=1S/C11H15FO/c1-9(12)11-6-4-10(5-7-11)3-2-8-13/h4-7,9,13H,2-3,8H2,1H3. The normalized spacial score (nSPS) is 12.8. The number of rotatable bonds is 4. The number of halogens is 1. The summed E-state index contributed by atoms with van der Waals surface area (Å²) in [5.41, 5.74) is 1.87. The van der Waals surface area contributed by atoms with Crippen molar-refractivity contribution in [2.24, 2.45) is 0 Å². The SMILES string of the molecule is CC(F)c1ccc(CCCO)cc1. The molecular formula is C11H15FO. The summed E-state index contributed by atoms with van der Waals surface area (Å²) in [4.78, 5) is 0. The van der Waals surface area contributed by atoms with Crippen LogP contribution in [-0.4, -0.2) is 11.7 Å². The zero-order chi connectivity index (χ0) is 9.68. The summed E-state index contributed by atoms with van der Waals surface area (Å²) in [5, 5.41) is 8.61. The molecule has 2 heteroatoms. The van der Waals surface area contributed by atoms with E-state index in [4.69, 9.17) is 5.11 Å². The maximum absolute atomic E-state index is 12.8. The van der Waals surface area contributed by atoms with Gasteiger partial charge in [0.1, 0.15) is 6.17 Å². The highest BCUT2D eigenvalue weighted by molar-refractivity contribution is 5.23. The van der Waals surface area contributed by atoms with Gasteiger partial charge in [0.2, 0.25) is 0 Å². The Bertz CT molecular complexity index is 241. The Hall–Kier alpha value is -0.890. The average molecular weight is 182 g/mol. The molecule has 0 amide bonds. The molecule has 0 heterocycles. The first-order valence-electron chi connectivity index (χ1n) is 4.58. The fourth-order valence-electron chi connectivity index (χ4n) is 1.23. The first-order valence-corrected chi connectivity index (χ1v) is 4.58. The van der Waals surface area contributed by atoms with Gasteiger partial charge < -0.3 is 5.11 Å². The predicted molar refractivity (Wildman–Crippen MR) is 51.4 cm³/mol. The van der Waals surface area contributed by atoms with E-state index in [0.717, 1.165) is 18.4 Å². The Morgan fingerprint density at radius 1 is 1.31 bits per heavy atom. The van der Waals surface area contributed by atoms with Crippen LogP contribution in [0.2, 0.25) is 0 Å². The molecule has 0 aromatic heterocycles. The van der Waals surface area contributed by atoms with E-state index in [1.54, 1.807) is 12.1 Å². The Balaban J connectivity index is 2.59. The van der Waals surface area contributed by atoms with Crippen molar-refractivity contribution in [3.05, 3.63) is 35.4 Å². The van der Waals surface area contributed by atoms with Gasteiger partial charge in [-0.15, -0.1) is 0 Å². The van der Waals surface area contributed by atoms with Crippen molar-refractivity contribution in [3.8, 4) is 0 Å². The van der Waals surface area contributed by atoms with Crippen molar-refractivity contribution in [1.82, 2.24) is 0 Å². The topological polar surface area (TPSA) is 20.2 Å². The molecule has 0 saturated carbocycles. The molecule has 1 rings (SSSR count). The van der Waals surface area contributed by atoms with Crippen LogP contribution in [0.1, 0.15) is 30.6 Å². The second-order valence-corrected chi connectivity index (χ2v) is 3.18. The summed E-state index contributed by atoms with van der Waals surface area (Å²) in [6.07, 6.45) is 0.731. The van der Waals surface area contributed by atoms with E-state index in [1.807, 2.05) is 12.1 Å². The van der Waals surface area contributed by atoms with E-state index in [0.29, 0.717) is 5.56 Å². The van der Waals surface area contributed by atoms with Crippen LogP contribution in [0.25, 0.3) is 0 Å². The minimum absolute atomic E-state index is 0.210. The molecule has 0 aliphatic carbocycles. The maximum atomic E-state index is 12.8. The van der Waals surface area contributed by atoms with E-state index in [1.165, 1.54) is 6.92 Å². The molecule has 1 aromatic carbocycles. The number of hydrogen-bond acceptors (Lipinski definition) is 1. The molecule has 0 aliphatic rings. The fourth-order valence-corrected chi connectivity index (χ4v) is 1.23. The monoisotopic (exact) mass is 182 g/mol. The zero-order valence-electron chi connectivity index (χ0n) is 7.83. The van der Waals surface area contributed by atoms with Crippen molar-refractivity contribution in [1.29, 1.82) is 0 Å². The van der Waals surface area contributed by atoms with Crippen LogP contribution in [0.3, 0.4) is 0 Å². The van der Waals surface area contributed by atoms with Crippen LogP contribution in [0, 0.1) is 0 Å². The van der Waals surface area contributed by atoms with E-state index in [9.17, 15) is 4.39 Å². The lowest BCUT2D eigenvalue weighted by molar-refractivity contribution is 0.288. The molecular weight excluding hydrogens is 167 g/mol. The first kappa shape index (κ1) is 10.2. The minimum Gasteiger partial charge on any atom is -0.396 e. The number of aliphatic hydroxyl groups excluding tert-OH is 1. The second-order valence-electron chi connectivity index (χ2n) is 3.18. The van der Waals surface area contributed by atoms with Gasteiger partial charge in [-0.2, -0.15) is 0 Å². The summed E-state index contributed by atoms with van der Waals surface area (Å²) in [6.45, 7) is 1.74. The Labute approximate surface area is 78.2 Å². The molecule has 1 unspecified atom stereocenters. The van der Waals surface area contributed by atoms with E-state index >= 15 is 0 Å². The Morgan fingerprint density at radius 3 is 2.38 bits per heavy atom. The van der Waals surface area contributed by atoms with Crippen LogP contribution in [0.5, 0.6) is 0 Å². The van der Waals surface area contributed by atoms with Gasteiger partial charge in [-0.25, -0.2) is 4.39 Å². The largest absolute Gasteiger partial charge is 0.396 e. The summed E-state index contributed by atoms with van der Waals surface area (Å²) in [7, 11) is 0. The van der Waals surface area contributed by atoms with Gasteiger partial charge in [0.05, 0.1) is 0 Å². The highest BCUT2D eigenvalue weighted by Crippen LogP contribution is 2.16. The fraction of sp³-hybridized carbons (Fsp3) is 0.455. The highest BCUT2D eigenvalue weighted by Gasteiger charge is 2.01. The zero-order valence-corrected chi connectivity index (χ0v) is 7.83. The van der Waals surface area contributed by atoms with Crippen molar-refractivity contribution >= 4 is 0 Å². The van der Waals surface area contributed by atoms with Crippen molar-refractivity contribution in [2.45, 2.75) is 25.9 Å². The predicted octanol–water partition coefficient (Wildman–Crippen LogP) is 2.64. The van der Waals surface area contributed by atoms with Crippen LogP contribution in [-0.2, 0) is 6.42 Å². The van der Waals surface area contributed by atoms with Gasteiger partial charge in [-0.3, -0.25) is 0 Å². The lowest BCUT2D eigenvalue weighted by Gasteiger charge is -2.03. The molecule has 1 atom stereocenters. The van der Waals surface area contributed by atoms with E-state index in [2.05, 4.69) is 0 Å². The molecule has 0 spiro atoms. The molecule has 0 radical (unpaired) electrons. The highest BCUT2D eigenvalue weighted by atomic mass is 19.1. The van der Waals surface area contributed by atoms with Crippen LogP contribution in [0.4, 0.5) is 4.39 Å². The van der Waals surface area contributed by atoms with Gasteiger partial charge in [-0.1, -0.05) is 24.3 Å². The molecule has 1 aromatic rings. The van der Waals surface area contributed by atoms with Crippen LogP contribution < -0.4 is 0 Å². The molecule has 0 aliphatic heterocycles. The molecule has 0 saturated heterocycles. The Kier molecular flexibility index (Phi) is 3.90. The maximum Gasteiger partial charge on any atom is 0.122 e. The summed E-state index contributed by atoms with van der Waals surface area (Å²) < 4.78 is 12.8. The summed E-state index contributed by atoms with van der Waals surface area (Å²) in [5.74, 6) is 0. The first-order chi connectivity index (χ1) is 6.24. The van der Waals surface area contributed by atoms with Crippen LogP contribution in [0.15, 0.2) is 24.3 Å². The lowest BCUT2D eigenvalue weighted by Crippen LogP contribution is -1.91. The van der Waals surface area contributed by atoms with Gasteiger partial charge >= 0.3 is 0 Å².